The lowest BCUT2D eigenvalue weighted by molar-refractivity contribution is 0.112. The molecule has 2 rings (SSSR count). The number of aldehydes is 1. The SMILES string of the molecule is Cc1occc1Sc1csc(C=O)c1. The monoisotopic (exact) mass is 224 g/mol. The Bertz CT molecular complexity index is 442. The first-order valence-corrected chi connectivity index (χ1v) is 5.75. The lowest BCUT2D eigenvalue weighted by atomic mass is 10.5. The number of rotatable bonds is 3. The van der Waals surface area contributed by atoms with E-state index in [1.807, 2.05) is 24.4 Å². The normalized spacial score (nSPS) is 10.4. The zero-order valence-electron chi connectivity index (χ0n) is 7.52. The van der Waals surface area contributed by atoms with E-state index in [9.17, 15) is 4.79 Å². The van der Waals surface area contributed by atoms with Crippen LogP contribution in [0.1, 0.15) is 15.4 Å². The fraction of sp³-hybridized carbons (Fsp3) is 0.100. The van der Waals surface area contributed by atoms with Crippen molar-refractivity contribution in [3.05, 3.63) is 34.4 Å². The first kappa shape index (κ1) is 9.55. The van der Waals surface area contributed by atoms with Crippen LogP contribution in [0.15, 0.2) is 38.0 Å². The maximum atomic E-state index is 10.5. The molecule has 2 aromatic rings. The van der Waals surface area contributed by atoms with Crippen LogP contribution in [0, 0.1) is 6.92 Å². The molecule has 0 fully saturated rings. The minimum Gasteiger partial charge on any atom is -0.468 e. The fourth-order valence-electron chi connectivity index (χ4n) is 1.06. The van der Waals surface area contributed by atoms with E-state index in [1.54, 1.807) is 18.0 Å². The topological polar surface area (TPSA) is 30.2 Å². The standard InChI is InChI=1S/C10H8O2S2/c1-7-10(2-3-12-7)14-9-4-8(5-11)13-6-9/h2-6H,1H3. The summed E-state index contributed by atoms with van der Waals surface area (Å²) in [6.07, 6.45) is 2.54. The second-order valence-electron chi connectivity index (χ2n) is 2.75. The summed E-state index contributed by atoms with van der Waals surface area (Å²) >= 11 is 3.07. The van der Waals surface area contributed by atoms with Crippen molar-refractivity contribution >= 4 is 29.4 Å². The Kier molecular flexibility index (Phi) is 2.74. The second-order valence-corrected chi connectivity index (χ2v) is 4.80. The van der Waals surface area contributed by atoms with Crippen molar-refractivity contribution in [3.8, 4) is 0 Å². The minimum atomic E-state index is 0.758. The molecule has 0 atom stereocenters. The number of thiophene rings is 1. The van der Waals surface area contributed by atoms with Gasteiger partial charge in [-0.15, -0.1) is 11.3 Å². The van der Waals surface area contributed by atoms with Crippen LogP contribution in [-0.2, 0) is 0 Å². The van der Waals surface area contributed by atoms with Crippen molar-refractivity contribution < 1.29 is 9.21 Å². The molecular weight excluding hydrogens is 216 g/mol. The highest BCUT2D eigenvalue weighted by molar-refractivity contribution is 7.99. The summed E-state index contributed by atoms with van der Waals surface area (Å²) in [5, 5.41) is 1.97. The molecular formula is C10H8O2S2. The van der Waals surface area contributed by atoms with Gasteiger partial charge in [0.05, 0.1) is 16.0 Å². The van der Waals surface area contributed by atoms with E-state index in [1.165, 1.54) is 11.3 Å². The molecule has 0 aromatic carbocycles. The first-order chi connectivity index (χ1) is 6.79. The molecule has 0 aliphatic carbocycles. The van der Waals surface area contributed by atoms with Gasteiger partial charge in [0.1, 0.15) is 5.76 Å². The number of hydrogen-bond acceptors (Lipinski definition) is 4. The summed E-state index contributed by atoms with van der Waals surface area (Å²) < 4.78 is 5.18. The van der Waals surface area contributed by atoms with Crippen molar-refractivity contribution in [2.24, 2.45) is 0 Å². The average Bonchev–Trinajstić information content (AvgIpc) is 2.77. The molecule has 0 amide bonds. The summed E-state index contributed by atoms with van der Waals surface area (Å²) in [4.78, 5) is 13.4. The molecule has 0 bridgehead atoms. The molecule has 14 heavy (non-hydrogen) atoms. The second kappa shape index (κ2) is 4.02. The molecule has 0 N–H and O–H groups in total. The third-order valence-electron chi connectivity index (χ3n) is 1.75. The summed E-state index contributed by atoms with van der Waals surface area (Å²) in [6.45, 7) is 1.93. The van der Waals surface area contributed by atoms with E-state index >= 15 is 0 Å². The maximum Gasteiger partial charge on any atom is 0.160 e. The molecule has 2 heterocycles. The highest BCUT2D eigenvalue weighted by atomic mass is 32.2. The molecule has 0 aliphatic rings. The zero-order chi connectivity index (χ0) is 9.97. The highest BCUT2D eigenvalue weighted by Gasteiger charge is 2.05. The van der Waals surface area contributed by atoms with E-state index < -0.39 is 0 Å². The van der Waals surface area contributed by atoms with Crippen molar-refractivity contribution in [3.63, 3.8) is 0 Å². The third-order valence-corrected chi connectivity index (χ3v) is 3.87. The molecule has 72 valence electrons. The van der Waals surface area contributed by atoms with Crippen molar-refractivity contribution in [2.45, 2.75) is 16.7 Å². The molecule has 2 aromatic heterocycles. The molecule has 0 unspecified atom stereocenters. The molecule has 2 nitrogen and oxygen atoms in total. The Hall–Kier alpha value is -1.00. The Morgan fingerprint density at radius 1 is 1.57 bits per heavy atom. The van der Waals surface area contributed by atoms with Crippen LogP contribution in [0.4, 0.5) is 0 Å². The number of furan rings is 1. The number of carbonyl (C=O) groups is 1. The van der Waals surface area contributed by atoms with Gasteiger partial charge in [-0.1, -0.05) is 11.8 Å². The molecule has 4 heteroatoms. The van der Waals surface area contributed by atoms with Gasteiger partial charge >= 0.3 is 0 Å². The van der Waals surface area contributed by atoms with Gasteiger partial charge < -0.3 is 4.42 Å². The Labute approximate surface area is 89.9 Å². The molecule has 0 radical (unpaired) electrons. The average molecular weight is 224 g/mol. The molecule has 0 saturated carbocycles. The van der Waals surface area contributed by atoms with Crippen LogP contribution < -0.4 is 0 Å². The minimum absolute atomic E-state index is 0.758. The van der Waals surface area contributed by atoms with Crippen LogP contribution in [0.2, 0.25) is 0 Å². The van der Waals surface area contributed by atoms with Gasteiger partial charge in [0, 0.05) is 10.3 Å². The van der Waals surface area contributed by atoms with Crippen molar-refractivity contribution in [1.82, 2.24) is 0 Å². The summed E-state index contributed by atoms with van der Waals surface area (Å²) in [5.41, 5.74) is 0. The Morgan fingerprint density at radius 3 is 3.00 bits per heavy atom. The van der Waals surface area contributed by atoms with Crippen molar-refractivity contribution in [1.29, 1.82) is 0 Å². The van der Waals surface area contributed by atoms with Gasteiger partial charge in [0.25, 0.3) is 0 Å². The van der Waals surface area contributed by atoms with E-state index in [2.05, 4.69) is 0 Å². The number of hydrogen-bond donors (Lipinski definition) is 0. The predicted molar refractivity (Wildman–Crippen MR) is 57.3 cm³/mol. The zero-order valence-corrected chi connectivity index (χ0v) is 9.15. The summed E-state index contributed by atoms with van der Waals surface area (Å²) in [6, 6.07) is 3.81. The van der Waals surface area contributed by atoms with Gasteiger partial charge in [-0.05, 0) is 19.1 Å². The largest absolute Gasteiger partial charge is 0.468 e. The fourth-order valence-corrected chi connectivity index (χ4v) is 2.79. The van der Waals surface area contributed by atoms with Gasteiger partial charge in [-0.2, -0.15) is 0 Å². The van der Waals surface area contributed by atoms with E-state index in [0.717, 1.165) is 26.7 Å². The quantitative estimate of drug-likeness (QED) is 0.746. The van der Waals surface area contributed by atoms with E-state index in [0.29, 0.717) is 0 Å². The number of carbonyl (C=O) groups excluding carboxylic acids is 1. The van der Waals surface area contributed by atoms with Crippen LogP contribution in [-0.4, -0.2) is 6.29 Å². The van der Waals surface area contributed by atoms with Gasteiger partial charge in [-0.3, -0.25) is 4.79 Å². The summed E-state index contributed by atoms with van der Waals surface area (Å²) in [7, 11) is 0. The maximum absolute atomic E-state index is 10.5. The Morgan fingerprint density at radius 2 is 2.43 bits per heavy atom. The van der Waals surface area contributed by atoms with Crippen molar-refractivity contribution in [2.75, 3.05) is 0 Å². The lowest BCUT2D eigenvalue weighted by Gasteiger charge is -1.93. The molecule has 0 spiro atoms. The van der Waals surface area contributed by atoms with E-state index in [4.69, 9.17) is 4.42 Å². The molecule has 0 saturated heterocycles. The van der Waals surface area contributed by atoms with Crippen LogP contribution in [0.25, 0.3) is 0 Å². The first-order valence-electron chi connectivity index (χ1n) is 4.05. The predicted octanol–water partition coefficient (Wildman–Crippen LogP) is 3.61. The van der Waals surface area contributed by atoms with Gasteiger partial charge in [0.15, 0.2) is 6.29 Å². The van der Waals surface area contributed by atoms with Gasteiger partial charge in [-0.25, -0.2) is 0 Å². The summed E-state index contributed by atoms with van der Waals surface area (Å²) in [5.74, 6) is 0.911. The highest BCUT2D eigenvalue weighted by Crippen LogP contribution is 2.33. The smallest absolute Gasteiger partial charge is 0.160 e. The third kappa shape index (κ3) is 1.91. The lowest BCUT2D eigenvalue weighted by Crippen LogP contribution is -1.69. The van der Waals surface area contributed by atoms with Crippen LogP contribution in [0.5, 0.6) is 0 Å². The number of aryl methyl sites for hydroxylation is 1. The van der Waals surface area contributed by atoms with E-state index in [-0.39, 0.29) is 0 Å². The Balaban J connectivity index is 2.18. The van der Waals surface area contributed by atoms with Crippen LogP contribution >= 0.6 is 23.1 Å². The molecule has 0 aliphatic heterocycles. The van der Waals surface area contributed by atoms with Gasteiger partial charge in [0.2, 0.25) is 0 Å². The van der Waals surface area contributed by atoms with Crippen LogP contribution in [0.3, 0.4) is 0 Å².